The number of hydrogen-bond acceptors (Lipinski definition) is 5. The van der Waals surface area contributed by atoms with Crippen molar-refractivity contribution < 1.29 is 22.7 Å². The highest BCUT2D eigenvalue weighted by atomic mass is 35.5. The lowest BCUT2D eigenvalue weighted by molar-refractivity contribution is -0.117. The van der Waals surface area contributed by atoms with Crippen LogP contribution in [-0.4, -0.2) is 27.5 Å². The molecule has 2 N–H and O–H groups in total. The Hall–Kier alpha value is -3.07. The van der Waals surface area contributed by atoms with Crippen molar-refractivity contribution in [2.75, 3.05) is 12.4 Å². The van der Waals surface area contributed by atoms with Gasteiger partial charge in [-0.3, -0.25) is 4.79 Å². The van der Waals surface area contributed by atoms with Gasteiger partial charge < -0.3 is 14.8 Å². The normalized spacial score (nSPS) is 12.1. The third kappa shape index (κ3) is 5.97. The molecule has 3 aromatic carbocycles. The molecule has 3 aromatic rings. The van der Waals surface area contributed by atoms with Gasteiger partial charge in [-0.15, -0.1) is 0 Å². The summed E-state index contributed by atoms with van der Waals surface area (Å²) in [6, 6.07) is 18.7. The SMILES string of the molecule is COc1ccccc1Oc1ccc(NC(=O)[C@@H](C)NS(=O)(=O)c2cccc(Cl)c2)cc1. The molecule has 0 heterocycles. The van der Waals surface area contributed by atoms with E-state index in [0.717, 1.165) is 0 Å². The Morgan fingerprint density at radius 1 is 0.968 bits per heavy atom. The van der Waals surface area contributed by atoms with Gasteiger partial charge >= 0.3 is 0 Å². The molecular formula is C22H21ClN2O5S. The molecule has 31 heavy (non-hydrogen) atoms. The molecule has 0 aliphatic carbocycles. The maximum atomic E-state index is 12.4. The van der Waals surface area contributed by atoms with Gasteiger partial charge in [0.15, 0.2) is 11.5 Å². The number of sulfonamides is 1. The van der Waals surface area contributed by atoms with E-state index in [1.165, 1.54) is 25.1 Å². The molecule has 0 aliphatic heterocycles. The summed E-state index contributed by atoms with van der Waals surface area (Å²) in [5.41, 5.74) is 0.492. The zero-order valence-electron chi connectivity index (χ0n) is 16.8. The molecule has 0 unspecified atom stereocenters. The van der Waals surface area contributed by atoms with E-state index < -0.39 is 22.0 Å². The molecule has 162 valence electrons. The molecule has 0 aromatic heterocycles. The van der Waals surface area contributed by atoms with Crippen molar-refractivity contribution in [3.63, 3.8) is 0 Å². The number of hydrogen-bond donors (Lipinski definition) is 2. The molecule has 3 rings (SSSR count). The number of ether oxygens (including phenoxy) is 2. The zero-order valence-corrected chi connectivity index (χ0v) is 18.4. The largest absolute Gasteiger partial charge is 0.493 e. The molecule has 7 nitrogen and oxygen atoms in total. The third-order valence-electron chi connectivity index (χ3n) is 4.25. The lowest BCUT2D eigenvalue weighted by atomic mass is 10.2. The molecule has 0 saturated heterocycles. The predicted octanol–water partition coefficient (Wildman–Crippen LogP) is 4.45. The van der Waals surface area contributed by atoms with Gasteiger partial charge in [-0.2, -0.15) is 4.72 Å². The van der Waals surface area contributed by atoms with Gasteiger partial charge in [-0.25, -0.2) is 8.42 Å². The molecule has 0 aliphatic rings. The quantitative estimate of drug-likeness (QED) is 0.518. The van der Waals surface area contributed by atoms with Crippen LogP contribution < -0.4 is 19.5 Å². The van der Waals surface area contributed by atoms with Crippen LogP contribution in [0.4, 0.5) is 5.69 Å². The predicted molar refractivity (Wildman–Crippen MR) is 119 cm³/mol. The van der Waals surface area contributed by atoms with E-state index in [2.05, 4.69) is 10.0 Å². The average Bonchev–Trinajstić information content (AvgIpc) is 2.75. The fourth-order valence-electron chi connectivity index (χ4n) is 2.68. The number of carbonyl (C=O) groups excluding carboxylic acids is 1. The topological polar surface area (TPSA) is 93.7 Å². The molecule has 1 atom stereocenters. The van der Waals surface area contributed by atoms with Crippen LogP contribution in [0.25, 0.3) is 0 Å². The minimum absolute atomic E-state index is 0.0162. The number of amides is 1. The van der Waals surface area contributed by atoms with Crippen molar-refractivity contribution >= 4 is 33.2 Å². The Kier molecular flexibility index (Phi) is 7.17. The summed E-state index contributed by atoms with van der Waals surface area (Å²) in [7, 11) is -2.34. The number of methoxy groups -OCH3 is 1. The van der Waals surface area contributed by atoms with E-state index in [1.807, 2.05) is 12.1 Å². The maximum absolute atomic E-state index is 12.4. The van der Waals surface area contributed by atoms with Crippen LogP contribution in [0.2, 0.25) is 5.02 Å². The molecule has 9 heteroatoms. The third-order valence-corrected chi connectivity index (χ3v) is 6.02. The van der Waals surface area contributed by atoms with E-state index in [9.17, 15) is 13.2 Å². The monoisotopic (exact) mass is 460 g/mol. The summed E-state index contributed by atoms with van der Waals surface area (Å²) in [5.74, 6) is 1.20. The van der Waals surface area contributed by atoms with Crippen molar-refractivity contribution in [2.24, 2.45) is 0 Å². The first-order chi connectivity index (χ1) is 14.8. The molecule has 0 bridgehead atoms. The Morgan fingerprint density at radius 2 is 1.65 bits per heavy atom. The van der Waals surface area contributed by atoms with Crippen LogP contribution in [0, 0.1) is 0 Å². The molecule has 0 radical (unpaired) electrons. The summed E-state index contributed by atoms with van der Waals surface area (Å²) in [6.45, 7) is 1.45. The second kappa shape index (κ2) is 9.82. The lowest BCUT2D eigenvalue weighted by Crippen LogP contribution is -2.41. The van der Waals surface area contributed by atoms with Crippen LogP contribution in [0.3, 0.4) is 0 Å². The summed E-state index contributed by atoms with van der Waals surface area (Å²) >= 11 is 5.85. The fraction of sp³-hybridized carbons (Fsp3) is 0.136. The molecule has 0 fully saturated rings. The number of rotatable bonds is 8. The average molecular weight is 461 g/mol. The first-order valence-corrected chi connectivity index (χ1v) is 11.1. The highest BCUT2D eigenvalue weighted by Crippen LogP contribution is 2.31. The second-order valence-electron chi connectivity index (χ2n) is 6.57. The summed E-state index contributed by atoms with van der Waals surface area (Å²) < 4.78 is 38.3. The van der Waals surface area contributed by atoms with Gasteiger partial charge in [0.25, 0.3) is 0 Å². The van der Waals surface area contributed by atoms with E-state index >= 15 is 0 Å². The Labute approximate surface area is 186 Å². The fourth-order valence-corrected chi connectivity index (χ4v) is 4.18. The van der Waals surface area contributed by atoms with Crippen LogP contribution in [0.5, 0.6) is 17.2 Å². The van der Waals surface area contributed by atoms with Crippen LogP contribution in [0.15, 0.2) is 77.7 Å². The minimum atomic E-state index is -3.89. The van der Waals surface area contributed by atoms with Crippen LogP contribution in [0.1, 0.15) is 6.92 Å². The first kappa shape index (κ1) is 22.6. The maximum Gasteiger partial charge on any atom is 0.242 e. The summed E-state index contributed by atoms with van der Waals surface area (Å²) in [4.78, 5) is 12.4. The Morgan fingerprint density at radius 3 is 2.29 bits per heavy atom. The highest BCUT2D eigenvalue weighted by molar-refractivity contribution is 7.89. The summed E-state index contributed by atoms with van der Waals surface area (Å²) in [5, 5.41) is 2.96. The van der Waals surface area contributed by atoms with Crippen molar-refractivity contribution in [1.82, 2.24) is 4.72 Å². The number of para-hydroxylation sites is 2. The van der Waals surface area contributed by atoms with Gasteiger partial charge in [-0.1, -0.05) is 29.8 Å². The number of halogens is 1. The lowest BCUT2D eigenvalue weighted by Gasteiger charge is -2.15. The Balaban J connectivity index is 1.62. The van der Waals surface area contributed by atoms with Crippen molar-refractivity contribution in [1.29, 1.82) is 0 Å². The highest BCUT2D eigenvalue weighted by Gasteiger charge is 2.22. The van der Waals surface area contributed by atoms with Crippen LogP contribution in [-0.2, 0) is 14.8 Å². The van der Waals surface area contributed by atoms with Crippen molar-refractivity contribution in [2.45, 2.75) is 17.9 Å². The van der Waals surface area contributed by atoms with Gasteiger partial charge in [0.2, 0.25) is 15.9 Å². The Bertz CT molecular complexity index is 1170. The van der Waals surface area contributed by atoms with E-state index in [-0.39, 0.29) is 9.92 Å². The van der Waals surface area contributed by atoms with Crippen LogP contribution >= 0.6 is 11.6 Å². The smallest absolute Gasteiger partial charge is 0.242 e. The van der Waals surface area contributed by atoms with Gasteiger partial charge in [0, 0.05) is 10.7 Å². The minimum Gasteiger partial charge on any atom is -0.493 e. The van der Waals surface area contributed by atoms with Gasteiger partial charge in [0.05, 0.1) is 18.0 Å². The van der Waals surface area contributed by atoms with Gasteiger partial charge in [-0.05, 0) is 61.5 Å². The first-order valence-electron chi connectivity index (χ1n) is 9.28. The van der Waals surface area contributed by atoms with Crippen molar-refractivity contribution in [3.05, 3.63) is 77.8 Å². The number of benzene rings is 3. The van der Waals surface area contributed by atoms with E-state index in [4.69, 9.17) is 21.1 Å². The number of nitrogens with one attached hydrogen (secondary N) is 2. The second-order valence-corrected chi connectivity index (χ2v) is 8.72. The van der Waals surface area contributed by atoms with Gasteiger partial charge in [0.1, 0.15) is 5.75 Å². The van der Waals surface area contributed by atoms with E-state index in [1.54, 1.807) is 49.6 Å². The molecule has 0 saturated carbocycles. The standard InChI is InChI=1S/C22H21ClN2O5S/c1-15(25-31(27,28)19-7-5-6-16(23)14-19)22(26)24-17-10-12-18(13-11-17)30-21-9-4-3-8-20(21)29-2/h3-15,25H,1-2H3,(H,24,26)/t15-/m1/s1. The molecular weight excluding hydrogens is 440 g/mol. The molecule has 0 spiro atoms. The number of anilines is 1. The summed E-state index contributed by atoms with van der Waals surface area (Å²) in [6.07, 6.45) is 0. The molecule has 1 amide bonds. The number of carbonyl (C=O) groups is 1. The van der Waals surface area contributed by atoms with Crippen molar-refractivity contribution in [3.8, 4) is 17.2 Å². The zero-order chi connectivity index (χ0) is 22.4. The van der Waals surface area contributed by atoms with E-state index in [0.29, 0.717) is 22.9 Å².